The number of carbonyl (C=O) groups excluding carboxylic acids is 2. The number of imidazole rings is 1. The van der Waals surface area contributed by atoms with Crippen molar-refractivity contribution >= 4 is 34.3 Å². The molecule has 4 N–H and O–H groups in total. The molecule has 3 aromatic rings. The third-order valence-electron chi connectivity index (χ3n) is 4.25. The van der Waals surface area contributed by atoms with Gasteiger partial charge < -0.3 is 20.9 Å². The predicted octanol–water partition coefficient (Wildman–Crippen LogP) is 4.06. The summed E-state index contributed by atoms with van der Waals surface area (Å²) in [5.74, 6) is 0.805. The van der Waals surface area contributed by atoms with Crippen LogP contribution in [0.3, 0.4) is 0 Å². The second-order valence-corrected chi connectivity index (χ2v) is 6.56. The molecule has 3 rings (SSSR count). The minimum absolute atomic E-state index is 0.162. The quantitative estimate of drug-likeness (QED) is 0.475. The molecular formula is C21H25N5O2. The standard InChI is InChI=1S/C21H25N5O2/c1-2-3-9-19-25-17-11-10-16(14-18(17)26-19)23-20(27)12-13-22-21(28)24-15-7-5-4-6-8-15/h4-8,10-11,14H,2-3,9,12-13H2,1H3,(H,23,27)(H,25,26)(H2,22,24,28). The molecule has 3 amide bonds. The molecule has 0 aliphatic rings. The number of anilines is 2. The summed E-state index contributed by atoms with van der Waals surface area (Å²) in [7, 11) is 0. The van der Waals surface area contributed by atoms with Crippen LogP contribution in [0, 0.1) is 0 Å². The van der Waals surface area contributed by atoms with Gasteiger partial charge in [0.05, 0.1) is 11.0 Å². The van der Waals surface area contributed by atoms with Gasteiger partial charge >= 0.3 is 6.03 Å². The van der Waals surface area contributed by atoms with Crippen LogP contribution in [0.25, 0.3) is 11.0 Å². The molecule has 1 aromatic heterocycles. The number of rotatable bonds is 8. The van der Waals surface area contributed by atoms with Crippen molar-refractivity contribution in [3.8, 4) is 0 Å². The summed E-state index contributed by atoms with van der Waals surface area (Å²) in [6.45, 7) is 2.40. The van der Waals surface area contributed by atoms with Gasteiger partial charge in [-0.25, -0.2) is 9.78 Å². The second-order valence-electron chi connectivity index (χ2n) is 6.56. The Morgan fingerprint density at radius 1 is 1.04 bits per heavy atom. The van der Waals surface area contributed by atoms with Crippen LogP contribution in [-0.2, 0) is 11.2 Å². The number of fused-ring (bicyclic) bond motifs is 1. The maximum Gasteiger partial charge on any atom is 0.319 e. The van der Waals surface area contributed by atoms with Crippen molar-refractivity contribution in [3.63, 3.8) is 0 Å². The zero-order chi connectivity index (χ0) is 19.8. The van der Waals surface area contributed by atoms with Gasteiger partial charge in [0.1, 0.15) is 5.82 Å². The van der Waals surface area contributed by atoms with Gasteiger partial charge in [0, 0.05) is 30.8 Å². The number of nitrogens with one attached hydrogen (secondary N) is 4. The van der Waals surface area contributed by atoms with E-state index in [-0.39, 0.29) is 24.9 Å². The fourth-order valence-electron chi connectivity index (χ4n) is 2.81. The summed E-state index contributed by atoms with van der Waals surface area (Å²) in [6.07, 6.45) is 3.32. The number of para-hydroxylation sites is 1. The Labute approximate surface area is 163 Å². The first-order valence-corrected chi connectivity index (χ1v) is 9.52. The highest BCUT2D eigenvalue weighted by Crippen LogP contribution is 2.18. The van der Waals surface area contributed by atoms with Gasteiger partial charge in [-0.1, -0.05) is 31.5 Å². The van der Waals surface area contributed by atoms with Crippen molar-refractivity contribution in [2.24, 2.45) is 0 Å². The van der Waals surface area contributed by atoms with Gasteiger partial charge in [-0.2, -0.15) is 0 Å². The lowest BCUT2D eigenvalue weighted by Gasteiger charge is -2.08. The largest absolute Gasteiger partial charge is 0.342 e. The van der Waals surface area contributed by atoms with E-state index in [0.717, 1.165) is 36.1 Å². The number of carbonyl (C=O) groups is 2. The van der Waals surface area contributed by atoms with E-state index < -0.39 is 0 Å². The molecule has 0 aliphatic heterocycles. The minimum atomic E-state index is -0.336. The van der Waals surface area contributed by atoms with E-state index in [1.54, 1.807) is 12.1 Å². The highest BCUT2D eigenvalue weighted by Gasteiger charge is 2.07. The molecule has 0 unspecified atom stereocenters. The number of amides is 3. The van der Waals surface area contributed by atoms with E-state index in [4.69, 9.17) is 0 Å². The topological polar surface area (TPSA) is 98.9 Å². The lowest BCUT2D eigenvalue weighted by atomic mass is 10.2. The van der Waals surface area contributed by atoms with E-state index >= 15 is 0 Å². The molecule has 0 bridgehead atoms. The van der Waals surface area contributed by atoms with Crippen LogP contribution in [0.15, 0.2) is 48.5 Å². The molecule has 0 radical (unpaired) electrons. The molecule has 0 aliphatic carbocycles. The number of hydrogen-bond acceptors (Lipinski definition) is 3. The number of urea groups is 1. The van der Waals surface area contributed by atoms with Crippen molar-refractivity contribution in [2.45, 2.75) is 32.6 Å². The number of aryl methyl sites for hydroxylation is 1. The summed E-state index contributed by atoms with van der Waals surface area (Å²) >= 11 is 0. The summed E-state index contributed by atoms with van der Waals surface area (Å²) in [5, 5.41) is 8.23. The highest BCUT2D eigenvalue weighted by molar-refractivity contribution is 5.94. The van der Waals surface area contributed by atoms with Crippen molar-refractivity contribution in [3.05, 3.63) is 54.4 Å². The molecule has 1 heterocycles. The Balaban J connectivity index is 1.45. The zero-order valence-electron chi connectivity index (χ0n) is 15.9. The molecular weight excluding hydrogens is 354 g/mol. The predicted molar refractivity (Wildman–Crippen MR) is 111 cm³/mol. The van der Waals surface area contributed by atoms with Crippen molar-refractivity contribution in [1.82, 2.24) is 15.3 Å². The Hall–Kier alpha value is -3.35. The summed E-state index contributed by atoms with van der Waals surface area (Å²) in [4.78, 5) is 31.8. The molecule has 0 spiro atoms. The first-order valence-electron chi connectivity index (χ1n) is 9.52. The molecule has 28 heavy (non-hydrogen) atoms. The number of benzene rings is 2. The average molecular weight is 379 g/mol. The number of unbranched alkanes of at least 4 members (excludes halogenated alkanes) is 1. The summed E-state index contributed by atoms with van der Waals surface area (Å²) in [6, 6.07) is 14.4. The van der Waals surface area contributed by atoms with Gasteiger partial charge in [0.15, 0.2) is 0 Å². The fraction of sp³-hybridized carbons (Fsp3) is 0.286. The first kappa shape index (κ1) is 19.4. The molecule has 146 valence electrons. The number of aromatic amines is 1. The third-order valence-corrected chi connectivity index (χ3v) is 4.25. The van der Waals surface area contributed by atoms with E-state index in [1.807, 2.05) is 36.4 Å². The van der Waals surface area contributed by atoms with E-state index in [9.17, 15) is 9.59 Å². The molecule has 0 saturated carbocycles. The smallest absolute Gasteiger partial charge is 0.319 e. The number of aromatic nitrogens is 2. The van der Waals surface area contributed by atoms with Gasteiger partial charge in [-0.15, -0.1) is 0 Å². The monoisotopic (exact) mass is 379 g/mol. The molecule has 0 fully saturated rings. The second kappa shape index (κ2) is 9.55. The van der Waals surface area contributed by atoms with E-state index in [0.29, 0.717) is 11.4 Å². The summed E-state index contributed by atoms with van der Waals surface area (Å²) in [5.41, 5.74) is 3.21. The number of hydrogen-bond donors (Lipinski definition) is 4. The van der Waals surface area contributed by atoms with Crippen molar-refractivity contribution < 1.29 is 9.59 Å². The SMILES string of the molecule is CCCCc1nc2ccc(NC(=O)CCNC(=O)Nc3ccccc3)cc2[nH]1. The molecule has 2 aromatic carbocycles. The van der Waals surface area contributed by atoms with Crippen LogP contribution in [-0.4, -0.2) is 28.5 Å². The third kappa shape index (κ3) is 5.57. The normalized spacial score (nSPS) is 10.6. The van der Waals surface area contributed by atoms with Gasteiger partial charge in [-0.3, -0.25) is 4.79 Å². The average Bonchev–Trinajstić information content (AvgIpc) is 3.09. The first-order chi connectivity index (χ1) is 13.6. The lowest BCUT2D eigenvalue weighted by molar-refractivity contribution is -0.116. The van der Waals surface area contributed by atoms with Crippen molar-refractivity contribution in [2.75, 3.05) is 17.2 Å². The van der Waals surface area contributed by atoms with Gasteiger partial charge in [0.2, 0.25) is 5.91 Å². The maximum absolute atomic E-state index is 12.1. The van der Waals surface area contributed by atoms with Crippen LogP contribution in [0.4, 0.5) is 16.2 Å². The zero-order valence-corrected chi connectivity index (χ0v) is 15.9. The van der Waals surface area contributed by atoms with Gasteiger partial charge in [-0.05, 0) is 36.8 Å². The maximum atomic E-state index is 12.1. The van der Waals surface area contributed by atoms with Crippen LogP contribution in [0.5, 0.6) is 0 Å². The van der Waals surface area contributed by atoms with Crippen LogP contribution in [0.1, 0.15) is 32.0 Å². The molecule has 7 heteroatoms. The lowest BCUT2D eigenvalue weighted by Crippen LogP contribution is -2.31. The Morgan fingerprint density at radius 2 is 1.86 bits per heavy atom. The minimum Gasteiger partial charge on any atom is -0.342 e. The Kier molecular flexibility index (Phi) is 6.62. The van der Waals surface area contributed by atoms with Crippen LogP contribution < -0.4 is 16.0 Å². The summed E-state index contributed by atoms with van der Waals surface area (Å²) < 4.78 is 0. The number of nitrogens with zero attached hydrogens (tertiary/aromatic N) is 1. The Morgan fingerprint density at radius 3 is 2.64 bits per heavy atom. The fourth-order valence-corrected chi connectivity index (χ4v) is 2.81. The van der Waals surface area contributed by atoms with Crippen LogP contribution >= 0.6 is 0 Å². The molecule has 0 saturated heterocycles. The molecule has 7 nitrogen and oxygen atoms in total. The Bertz CT molecular complexity index is 936. The van der Waals surface area contributed by atoms with Crippen LogP contribution in [0.2, 0.25) is 0 Å². The highest BCUT2D eigenvalue weighted by atomic mass is 16.2. The van der Waals surface area contributed by atoms with E-state index in [2.05, 4.69) is 32.8 Å². The van der Waals surface area contributed by atoms with Crippen molar-refractivity contribution in [1.29, 1.82) is 0 Å². The molecule has 0 atom stereocenters. The number of H-pyrrole nitrogens is 1. The van der Waals surface area contributed by atoms with Gasteiger partial charge in [0.25, 0.3) is 0 Å². The van der Waals surface area contributed by atoms with E-state index in [1.165, 1.54) is 0 Å².